The summed E-state index contributed by atoms with van der Waals surface area (Å²) in [6.07, 6.45) is 2.05. The molecule has 2 atom stereocenters. The van der Waals surface area contributed by atoms with E-state index >= 15 is 4.39 Å². The lowest BCUT2D eigenvalue weighted by Crippen LogP contribution is -2.34. The van der Waals surface area contributed by atoms with Gasteiger partial charge in [0.25, 0.3) is 0 Å². The van der Waals surface area contributed by atoms with Crippen LogP contribution in [-0.2, 0) is 33.6 Å². The number of benzene rings is 3. The van der Waals surface area contributed by atoms with E-state index in [0.29, 0.717) is 43.9 Å². The highest BCUT2D eigenvalue weighted by atomic mass is 19.1. The third kappa shape index (κ3) is 5.24. The van der Waals surface area contributed by atoms with Gasteiger partial charge < -0.3 is 14.4 Å². The Kier molecular flexibility index (Phi) is 7.26. The minimum Gasteiger partial charge on any atom is -0.496 e. The summed E-state index contributed by atoms with van der Waals surface area (Å²) >= 11 is 0. The number of carbonyl (C=O) groups excluding carboxylic acids is 2. The van der Waals surface area contributed by atoms with Gasteiger partial charge in [-0.2, -0.15) is 0 Å². The van der Waals surface area contributed by atoms with Crippen LogP contribution >= 0.6 is 0 Å². The highest BCUT2D eigenvalue weighted by Gasteiger charge is 2.45. The zero-order valence-corrected chi connectivity index (χ0v) is 21.3. The van der Waals surface area contributed by atoms with Crippen molar-refractivity contribution in [2.75, 3.05) is 26.8 Å². The number of nitrogens with zero attached hydrogens (tertiary/aromatic N) is 1. The first-order valence-electron chi connectivity index (χ1n) is 13.0. The van der Waals surface area contributed by atoms with Crippen molar-refractivity contribution in [3.05, 3.63) is 88.7 Å². The highest BCUT2D eigenvalue weighted by Crippen LogP contribution is 2.48. The first-order chi connectivity index (χ1) is 18.0. The van der Waals surface area contributed by atoms with E-state index < -0.39 is 0 Å². The van der Waals surface area contributed by atoms with E-state index in [1.807, 2.05) is 41.3 Å². The molecule has 0 spiro atoms. The molecule has 2 unspecified atom stereocenters. The van der Waals surface area contributed by atoms with Crippen LogP contribution in [0.2, 0.25) is 0 Å². The predicted molar refractivity (Wildman–Crippen MR) is 140 cm³/mol. The van der Waals surface area contributed by atoms with Gasteiger partial charge in [-0.3, -0.25) is 9.59 Å². The second kappa shape index (κ2) is 10.8. The van der Waals surface area contributed by atoms with Crippen molar-refractivity contribution in [1.82, 2.24) is 4.90 Å². The number of halogens is 1. The molecule has 1 aliphatic carbocycles. The Morgan fingerprint density at radius 1 is 0.973 bits per heavy atom. The maximum atomic E-state index is 15.1. The van der Waals surface area contributed by atoms with E-state index in [0.717, 1.165) is 28.7 Å². The van der Waals surface area contributed by atoms with Gasteiger partial charge >= 0.3 is 5.97 Å². The lowest BCUT2D eigenvalue weighted by atomic mass is 9.90. The third-order valence-electron chi connectivity index (χ3n) is 7.49. The van der Waals surface area contributed by atoms with Gasteiger partial charge in [0.2, 0.25) is 5.91 Å². The molecule has 5 nitrogen and oxygen atoms in total. The molecule has 37 heavy (non-hydrogen) atoms. The SMILES string of the molecule is CCOC(=O)Cc1ccc(OC)c(-c2ccc(F)c3c2CCN(C(=O)C2CC2c2ccccc2)CC3)c1. The van der Waals surface area contributed by atoms with Crippen molar-refractivity contribution in [1.29, 1.82) is 0 Å². The van der Waals surface area contributed by atoms with Crippen LogP contribution in [0.1, 0.15) is 41.5 Å². The van der Waals surface area contributed by atoms with Gasteiger partial charge in [0.05, 0.1) is 20.1 Å². The lowest BCUT2D eigenvalue weighted by molar-refractivity contribution is -0.142. The Labute approximate surface area is 217 Å². The molecule has 1 aliphatic heterocycles. The first kappa shape index (κ1) is 25.0. The maximum Gasteiger partial charge on any atom is 0.310 e. The van der Waals surface area contributed by atoms with Crippen molar-refractivity contribution < 1.29 is 23.5 Å². The number of rotatable bonds is 7. The van der Waals surface area contributed by atoms with Gasteiger partial charge in [-0.25, -0.2) is 4.39 Å². The van der Waals surface area contributed by atoms with Gasteiger partial charge in [0.15, 0.2) is 0 Å². The monoisotopic (exact) mass is 501 g/mol. The molecule has 0 saturated heterocycles. The molecular formula is C31H32FNO4. The standard InChI is InChI=1S/C31H32FNO4/c1-3-37-30(34)18-20-9-12-29(36-2)26(17-20)22-10-11-28(32)24-14-16-33(15-13-23(22)24)31(35)27-19-25(27)21-7-5-4-6-8-21/h4-12,17,25,27H,3,13-16,18-19H2,1-2H3. The smallest absolute Gasteiger partial charge is 0.310 e. The predicted octanol–water partition coefficient (Wildman–Crippen LogP) is 5.34. The fourth-order valence-electron chi connectivity index (χ4n) is 5.52. The van der Waals surface area contributed by atoms with E-state index in [9.17, 15) is 9.59 Å². The maximum absolute atomic E-state index is 15.1. The number of amides is 1. The molecule has 6 heteroatoms. The van der Waals surface area contributed by atoms with Crippen LogP contribution in [0.3, 0.4) is 0 Å². The molecule has 1 saturated carbocycles. The Morgan fingerprint density at radius 2 is 1.73 bits per heavy atom. The van der Waals surface area contributed by atoms with Crippen LogP contribution in [-0.4, -0.2) is 43.6 Å². The minimum atomic E-state index is -0.292. The summed E-state index contributed by atoms with van der Waals surface area (Å²) in [7, 11) is 1.60. The molecule has 0 aromatic heterocycles. The van der Waals surface area contributed by atoms with Crippen LogP contribution in [0.25, 0.3) is 11.1 Å². The van der Waals surface area contributed by atoms with Gasteiger partial charge in [0, 0.05) is 24.6 Å². The van der Waals surface area contributed by atoms with Crippen LogP contribution in [0, 0.1) is 11.7 Å². The summed E-state index contributed by atoms with van der Waals surface area (Å²) in [6, 6.07) is 19.1. The lowest BCUT2D eigenvalue weighted by Gasteiger charge is -2.20. The molecule has 2 aliphatic rings. The molecule has 192 valence electrons. The normalized spacial score (nSPS) is 18.5. The summed E-state index contributed by atoms with van der Waals surface area (Å²) in [5, 5.41) is 0. The van der Waals surface area contributed by atoms with Crippen molar-refractivity contribution in [2.45, 2.75) is 38.5 Å². The Hall–Kier alpha value is -3.67. The second-order valence-corrected chi connectivity index (χ2v) is 9.75. The van der Waals surface area contributed by atoms with E-state index in [1.54, 1.807) is 20.1 Å². The number of hydrogen-bond acceptors (Lipinski definition) is 4. The summed E-state index contributed by atoms with van der Waals surface area (Å²) in [4.78, 5) is 27.3. The van der Waals surface area contributed by atoms with Crippen molar-refractivity contribution in [3.8, 4) is 16.9 Å². The van der Waals surface area contributed by atoms with Crippen molar-refractivity contribution >= 4 is 11.9 Å². The van der Waals surface area contributed by atoms with Crippen LogP contribution in [0.4, 0.5) is 4.39 Å². The molecule has 1 amide bonds. The third-order valence-corrected chi connectivity index (χ3v) is 7.49. The topological polar surface area (TPSA) is 55.8 Å². The number of methoxy groups -OCH3 is 1. The number of ether oxygens (including phenoxy) is 2. The molecule has 0 radical (unpaired) electrons. The molecule has 3 aromatic carbocycles. The number of fused-ring (bicyclic) bond motifs is 1. The molecule has 1 heterocycles. The molecule has 0 N–H and O–H groups in total. The van der Waals surface area contributed by atoms with Gasteiger partial charge in [-0.1, -0.05) is 42.5 Å². The average Bonchev–Trinajstić information content (AvgIpc) is 3.73. The zero-order valence-electron chi connectivity index (χ0n) is 21.3. The largest absolute Gasteiger partial charge is 0.496 e. The van der Waals surface area contributed by atoms with Crippen molar-refractivity contribution in [3.63, 3.8) is 0 Å². The quantitative estimate of drug-likeness (QED) is 0.410. The number of hydrogen-bond donors (Lipinski definition) is 0. The molecule has 5 rings (SSSR count). The van der Waals surface area contributed by atoms with Crippen molar-refractivity contribution in [2.24, 2.45) is 5.92 Å². The summed E-state index contributed by atoms with van der Waals surface area (Å²) in [5.41, 5.74) is 5.26. The van der Waals surface area contributed by atoms with E-state index in [4.69, 9.17) is 9.47 Å². The fraction of sp³-hybridized carbons (Fsp3) is 0.355. The van der Waals surface area contributed by atoms with Gasteiger partial charge in [0.1, 0.15) is 11.6 Å². The van der Waals surface area contributed by atoms with E-state index in [2.05, 4.69) is 12.1 Å². The minimum absolute atomic E-state index is 0.00702. The first-order valence-corrected chi connectivity index (χ1v) is 13.0. The second-order valence-electron chi connectivity index (χ2n) is 9.75. The zero-order chi connectivity index (χ0) is 25.9. The molecule has 0 bridgehead atoms. The van der Waals surface area contributed by atoms with E-state index in [-0.39, 0.29) is 36.0 Å². The average molecular weight is 502 g/mol. The fourth-order valence-corrected chi connectivity index (χ4v) is 5.52. The Morgan fingerprint density at radius 3 is 2.46 bits per heavy atom. The molecular weight excluding hydrogens is 469 g/mol. The molecule has 3 aromatic rings. The van der Waals surface area contributed by atoms with Crippen LogP contribution in [0.15, 0.2) is 60.7 Å². The van der Waals surface area contributed by atoms with Crippen LogP contribution in [0.5, 0.6) is 5.75 Å². The van der Waals surface area contributed by atoms with Crippen LogP contribution < -0.4 is 4.74 Å². The highest BCUT2D eigenvalue weighted by molar-refractivity contribution is 5.83. The summed E-state index contributed by atoms with van der Waals surface area (Å²) in [6.45, 7) is 3.16. The Bertz CT molecular complexity index is 1310. The summed E-state index contributed by atoms with van der Waals surface area (Å²) < 4.78 is 25.8. The van der Waals surface area contributed by atoms with E-state index in [1.165, 1.54) is 11.6 Å². The number of carbonyl (C=O) groups is 2. The Balaban J connectivity index is 1.39. The summed E-state index contributed by atoms with van der Waals surface area (Å²) in [5.74, 6) is 0.563. The molecule has 1 fully saturated rings. The van der Waals surface area contributed by atoms with Gasteiger partial charge in [-0.15, -0.1) is 0 Å². The number of esters is 1. The van der Waals surface area contributed by atoms with Gasteiger partial charge in [-0.05, 0) is 78.1 Å².